The molecule has 1 aliphatic heterocycles. The summed E-state index contributed by atoms with van der Waals surface area (Å²) in [7, 11) is -3.21. The quantitative estimate of drug-likeness (QED) is 0.640. The van der Waals surface area contributed by atoms with E-state index in [9.17, 15) is 18.0 Å². The third-order valence-corrected chi connectivity index (χ3v) is 6.93. The van der Waals surface area contributed by atoms with Gasteiger partial charge in [-0.2, -0.15) is 0 Å². The van der Waals surface area contributed by atoms with Crippen molar-refractivity contribution in [2.24, 2.45) is 0 Å². The van der Waals surface area contributed by atoms with Gasteiger partial charge in [-0.25, -0.2) is 8.42 Å². The predicted octanol–water partition coefficient (Wildman–Crippen LogP) is 3.85. The van der Waals surface area contributed by atoms with Crippen LogP contribution >= 0.6 is 11.6 Å². The lowest BCUT2D eigenvalue weighted by Crippen LogP contribution is -2.47. The number of rotatable bonds is 4. The minimum atomic E-state index is -3.21. The number of halogens is 1. The molecule has 2 amide bonds. The van der Waals surface area contributed by atoms with Crippen molar-refractivity contribution < 1.29 is 18.0 Å². The second-order valence-corrected chi connectivity index (χ2v) is 9.31. The molecule has 0 aliphatic carbocycles. The molecule has 2 N–H and O–H groups in total. The third-order valence-electron chi connectivity index (χ3n) is 4.85. The van der Waals surface area contributed by atoms with E-state index in [0.717, 1.165) is 0 Å². The lowest BCUT2D eigenvalue weighted by atomic mass is 10.1. The van der Waals surface area contributed by atoms with Crippen LogP contribution in [0.15, 0.2) is 54.6 Å². The average Bonchev–Trinajstić information content (AvgIpc) is 2.69. The van der Waals surface area contributed by atoms with Gasteiger partial charge in [0.2, 0.25) is 15.9 Å². The van der Waals surface area contributed by atoms with Crippen molar-refractivity contribution in [2.45, 2.75) is 6.92 Å². The number of nitrogens with one attached hydrogen (secondary N) is 2. The standard InChI is InChI=1S/C21H18ClN3O4S/c1-13(26)23-19-4-2-3-16-18(10-9-17(22)20(16)19)24-21(27)14-5-7-15(8-6-14)25-11-12-30(25,28)29/h2-10H,11-12H2,1H3,(H,23,26)(H,24,27). The number of benzene rings is 3. The van der Waals surface area contributed by atoms with Gasteiger partial charge in [-0.15, -0.1) is 0 Å². The van der Waals surface area contributed by atoms with Crippen molar-refractivity contribution in [1.29, 1.82) is 0 Å². The van der Waals surface area contributed by atoms with Crippen LogP contribution in [0.5, 0.6) is 0 Å². The Hall–Kier alpha value is -3.10. The summed E-state index contributed by atoms with van der Waals surface area (Å²) < 4.78 is 24.8. The van der Waals surface area contributed by atoms with E-state index < -0.39 is 10.0 Å². The molecule has 0 bridgehead atoms. The minimum absolute atomic E-state index is 0.138. The molecule has 3 aromatic rings. The van der Waals surface area contributed by atoms with E-state index in [4.69, 9.17) is 11.6 Å². The van der Waals surface area contributed by atoms with E-state index >= 15 is 0 Å². The highest BCUT2D eigenvalue weighted by Gasteiger charge is 2.32. The molecule has 0 aromatic heterocycles. The number of fused-ring (bicyclic) bond motifs is 1. The first-order valence-corrected chi connectivity index (χ1v) is 11.2. The number of amides is 2. The monoisotopic (exact) mass is 443 g/mol. The molecule has 7 nitrogen and oxygen atoms in total. The number of carbonyl (C=O) groups excluding carboxylic acids is 2. The number of hydrogen-bond acceptors (Lipinski definition) is 4. The second-order valence-electron chi connectivity index (χ2n) is 6.89. The molecule has 1 fully saturated rings. The molecule has 3 aromatic carbocycles. The molecule has 0 atom stereocenters. The van der Waals surface area contributed by atoms with Crippen molar-refractivity contribution in [3.05, 3.63) is 65.2 Å². The van der Waals surface area contributed by atoms with Gasteiger partial charge in [0.25, 0.3) is 5.91 Å². The van der Waals surface area contributed by atoms with Gasteiger partial charge >= 0.3 is 0 Å². The topological polar surface area (TPSA) is 95.6 Å². The van der Waals surface area contributed by atoms with Crippen LogP contribution in [0.2, 0.25) is 5.02 Å². The minimum Gasteiger partial charge on any atom is -0.326 e. The van der Waals surface area contributed by atoms with Gasteiger partial charge in [0.05, 0.1) is 22.2 Å². The van der Waals surface area contributed by atoms with Gasteiger partial charge in [0.1, 0.15) is 0 Å². The molecular formula is C21H18ClN3O4S. The highest BCUT2D eigenvalue weighted by molar-refractivity contribution is 7.94. The summed E-state index contributed by atoms with van der Waals surface area (Å²) in [5, 5.41) is 7.37. The fraction of sp³-hybridized carbons (Fsp3) is 0.143. The maximum Gasteiger partial charge on any atom is 0.255 e. The summed E-state index contributed by atoms with van der Waals surface area (Å²) in [6, 6.07) is 15.1. The van der Waals surface area contributed by atoms with E-state index in [1.165, 1.54) is 11.2 Å². The molecule has 0 saturated carbocycles. The van der Waals surface area contributed by atoms with Crippen LogP contribution in [0.4, 0.5) is 17.1 Å². The van der Waals surface area contributed by atoms with E-state index in [1.807, 2.05) is 0 Å². The summed E-state index contributed by atoms with van der Waals surface area (Å²) in [5.74, 6) is -0.432. The molecule has 0 spiro atoms. The van der Waals surface area contributed by atoms with Gasteiger partial charge in [0.15, 0.2) is 0 Å². The summed E-state index contributed by atoms with van der Waals surface area (Å²) in [4.78, 5) is 24.2. The first-order valence-electron chi connectivity index (χ1n) is 9.17. The van der Waals surface area contributed by atoms with E-state index in [1.54, 1.807) is 54.6 Å². The van der Waals surface area contributed by atoms with Gasteiger partial charge < -0.3 is 10.6 Å². The summed E-state index contributed by atoms with van der Waals surface area (Å²) in [6.07, 6.45) is 0. The lowest BCUT2D eigenvalue weighted by Gasteiger charge is -2.32. The summed E-state index contributed by atoms with van der Waals surface area (Å²) >= 11 is 6.34. The molecule has 1 saturated heterocycles. The molecule has 30 heavy (non-hydrogen) atoms. The Morgan fingerprint density at radius 3 is 2.30 bits per heavy atom. The van der Waals surface area contributed by atoms with Gasteiger partial charge in [-0.3, -0.25) is 13.9 Å². The zero-order valence-corrected chi connectivity index (χ0v) is 17.5. The summed E-state index contributed by atoms with van der Waals surface area (Å²) in [5.41, 5.74) is 2.02. The Morgan fingerprint density at radius 1 is 0.967 bits per heavy atom. The fourth-order valence-electron chi connectivity index (χ4n) is 3.36. The van der Waals surface area contributed by atoms with Crippen molar-refractivity contribution in [1.82, 2.24) is 0 Å². The van der Waals surface area contributed by atoms with Crippen LogP contribution < -0.4 is 14.9 Å². The fourth-order valence-corrected chi connectivity index (χ4v) is 4.73. The van der Waals surface area contributed by atoms with Crippen LogP contribution in [-0.2, 0) is 14.8 Å². The number of hydrogen-bond donors (Lipinski definition) is 2. The summed E-state index contributed by atoms with van der Waals surface area (Å²) in [6.45, 7) is 1.86. The van der Waals surface area contributed by atoms with Crippen LogP contribution in [0, 0.1) is 0 Å². The number of sulfonamides is 1. The predicted molar refractivity (Wildman–Crippen MR) is 119 cm³/mol. The van der Waals surface area contributed by atoms with E-state index in [0.29, 0.717) is 45.0 Å². The molecular weight excluding hydrogens is 426 g/mol. The molecule has 154 valence electrons. The SMILES string of the molecule is CC(=O)Nc1cccc2c(NC(=O)c3ccc(N4CCS4(=O)=O)cc3)ccc(Cl)c12. The highest BCUT2D eigenvalue weighted by Crippen LogP contribution is 2.35. The van der Waals surface area contributed by atoms with Crippen molar-refractivity contribution >= 4 is 61.3 Å². The van der Waals surface area contributed by atoms with E-state index in [2.05, 4.69) is 10.6 Å². The highest BCUT2D eigenvalue weighted by atomic mass is 35.5. The third kappa shape index (κ3) is 3.71. The Labute approximate surface area is 178 Å². The van der Waals surface area contributed by atoms with Crippen molar-refractivity contribution in [3.63, 3.8) is 0 Å². The number of anilines is 3. The Kier molecular flexibility index (Phi) is 5.13. The van der Waals surface area contributed by atoms with Crippen LogP contribution in [0.3, 0.4) is 0 Å². The zero-order valence-electron chi connectivity index (χ0n) is 16.0. The normalized spacial score (nSPS) is 14.8. The van der Waals surface area contributed by atoms with E-state index in [-0.39, 0.29) is 17.6 Å². The largest absolute Gasteiger partial charge is 0.326 e. The Morgan fingerprint density at radius 2 is 1.70 bits per heavy atom. The first-order chi connectivity index (χ1) is 14.3. The number of carbonyl (C=O) groups is 2. The number of nitrogens with zero attached hydrogens (tertiary/aromatic N) is 1. The second kappa shape index (κ2) is 7.62. The molecule has 9 heteroatoms. The van der Waals surface area contributed by atoms with Gasteiger partial charge in [-0.05, 0) is 42.5 Å². The molecule has 0 unspecified atom stereocenters. The average molecular weight is 444 g/mol. The van der Waals surface area contributed by atoms with Gasteiger partial charge in [0, 0.05) is 35.5 Å². The molecule has 1 aliphatic rings. The van der Waals surface area contributed by atoms with Crippen LogP contribution in [0.1, 0.15) is 17.3 Å². The first kappa shape index (κ1) is 20.2. The molecule has 1 heterocycles. The maximum atomic E-state index is 12.8. The zero-order chi connectivity index (χ0) is 21.5. The maximum absolute atomic E-state index is 12.8. The molecule has 0 radical (unpaired) electrons. The van der Waals surface area contributed by atoms with Crippen molar-refractivity contribution in [3.8, 4) is 0 Å². The lowest BCUT2D eigenvalue weighted by molar-refractivity contribution is -0.114. The van der Waals surface area contributed by atoms with Gasteiger partial charge in [-0.1, -0.05) is 23.7 Å². The van der Waals surface area contributed by atoms with Crippen LogP contribution in [0.25, 0.3) is 10.8 Å². The van der Waals surface area contributed by atoms with Crippen LogP contribution in [-0.4, -0.2) is 32.5 Å². The molecule has 4 rings (SSSR count). The smallest absolute Gasteiger partial charge is 0.255 e. The Balaban J connectivity index is 1.62. The Bertz CT molecular complexity index is 1270. The van der Waals surface area contributed by atoms with Crippen molar-refractivity contribution in [2.75, 3.05) is 27.2 Å².